The number of aromatic hydroxyl groups is 2. The molecule has 0 atom stereocenters. The van der Waals surface area contributed by atoms with Crippen LogP contribution in [0.2, 0.25) is 0 Å². The van der Waals surface area contributed by atoms with Crippen molar-refractivity contribution in [3.05, 3.63) is 47.5 Å². The molecule has 8 heteroatoms. The third kappa shape index (κ3) is 4.63. The summed E-state index contributed by atoms with van der Waals surface area (Å²) < 4.78 is 8.65. The van der Waals surface area contributed by atoms with E-state index in [9.17, 15) is 10.2 Å². The molecule has 1 aliphatic heterocycles. The summed E-state index contributed by atoms with van der Waals surface area (Å²) in [6, 6.07) is 10.9. The van der Waals surface area contributed by atoms with Crippen molar-refractivity contribution in [2.75, 3.05) is 20.9 Å². The predicted molar refractivity (Wildman–Crippen MR) is 102 cm³/mol. The maximum absolute atomic E-state index is 10.2. The van der Waals surface area contributed by atoms with E-state index in [-0.39, 0.29) is 38.9 Å². The zero-order valence-corrected chi connectivity index (χ0v) is 17.5. The summed E-state index contributed by atoms with van der Waals surface area (Å²) in [6.45, 7) is 5.62. The van der Waals surface area contributed by atoms with Crippen LogP contribution in [0.15, 0.2) is 41.4 Å². The van der Waals surface area contributed by atoms with E-state index in [0.29, 0.717) is 11.4 Å². The van der Waals surface area contributed by atoms with Crippen molar-refractivity contribution in [3.63, 3.8) is 0 Å². The van der Waals surface area contributed by atoms with Gasteiger partial charge in [0, 0.05) is 0 Å². The zero-order valence-electron chi connectivity index (χ0n) is 15.3. The Hall–Kier alpha value is -2.04. The van der Waals surface area contributed by atoms with E-state index < -0.39 is 0 Å². The monoisotopic (exact) mass is 483 g/mol. The third-order valence-electron chi connectivity index (χ3n) is 4.23. The maximum atomic E-state index is 10.2. The van der Waals surface area contributed by atoms with Crippen LogP contribution in [0, 0.1) is 0 Å². The minimum atomic E-state index is -0.129. The van der Waals surface area contributed by atoms with E-state index in [1.54, 1.807) is 6.07 Å². The Kier molecular flexibility index (Phi) is 6.40. The molecule has 0 radical (unpaired) electrons. The van der Waals surface area contributed by atoms with Gasteiger partial charge in [0.25, 0.3) is 0 Å². The topological polar surface area (TPSA) is 103 Å². The van der Waals surface area contributed by atoms with Crippen molar-refractivity contribution >= 4 is 17.2 Å². The Labute approximate surface area is 169 Å². The first-order chi connectivity index (χ1) is 13.0. The fourth-order valence-electron chi connectivity index (χ4n) is 2.78. The second kappa shape index (κ2) is 8.77. The summed E-state index contributed by atoms with van der Waals surface area (Å²) in [7, 11) is 0. The molecule has 2 aromatic rings. The van der Waals surface area contributed by atoms with E-state index >= 15 is 0 Å². The van der Waals surface area contributed by atoms with Crippen LogP contribution in [-0.2, 0) is 4.74 Å². The number of aliphatic imine (C=N–C) groups is 1. The van der Waals surface area contributed by atoms with Crippen molar-refractivity contribution in [2.24, 2.45) is 10.8 Å². The molecule has 0 amide bonds. The number of anilines is 1. The average Bonchev–Trinajstić information content (AvgIpc) is 2.67. The van der Waals surface area contributed by atoms with Gasteiger partial charge < -0.3 is 0 Å². The summed E-state index contributed by atoms with van der Waals surface area (Å²) in [5.74, 6) is 6.07. The Bertz CT molecular complexity index is 818. The van der Waals surface area contributed by atoms with Gasteiger partial charge in [0.15, 0.2) is 0 Å². The van der Waals surface area contributed by atoms with Crippen LogP contribution in [0.4, 0.5) is 11.4 Å². The van der Waals surface area contributed by atoms with E-state index in [4.69, 9.17) is 10.6 Å². The van der Waals surface area contributed by atoms with Gasteiger partial charge in [0.2, 0.25) is 0 Å². The third-order valence-corrected chi connectivity index (χ3v) is 6.81. The number of hydrogen-bond acceptors (Lipinski definition) is 6. The van der Waals surface area contributed by atoms with E-state index in [0.717, 1.165) is 29.0 Å². The average molecular weight is 483 g/mol. The number of nitrogens with two attached hydrogens (primary N) is 1. The first-order valence-corrected chi connectivity index (χ1v) is 11.1. The molecule has 5 N–H and O–H groups in total. The first kappa shape index (κ1) is 19.7. The van der Waals surface area contributed by atoms with Gasteiger partial charge in [-0.15, -0.1) is 0 Å². The standard InChI is InChI=1S/C19H24IN4O3/c1-12(2)15-9-16(18(26)10-17(15)25)19(23-21)22-13-3-5-14(6-4-13)24-7-8-27-11-20-24/h3-6,9-10,12,25-26H,7-8,11,21H2,1-2H3,(H,22,23)/q-1. The fraction of sp³-hybridized carbons (Fsp3) is 0.316. The molecular formula is C19H24IN4O3-. The summed E-state index contributed by atoms with van der Waals surface area (Å²) in [6.07, 6.45) is 0. The summed E-state index contributed by atoms with van der Waals surface area (Å²) in [5.41, 5.74) is 5.61. The van der Waals surface area contributed by atoms with Crippen molar-refractivity contribution in [1.82, 2.24) is 5.43 Å². The number of nitrogens with zero attached hydrogens (tertiary/aromatic N) is 2. The number of alkyl halides is 1. The number of phenols is 2. The van der Waals surface area contributed by atoms with Crippen molar-refractivity contribution in [2.45, 2.75) is 19.8 Å². The van der Waals surface area contributed by atoms with Gasteiger partial charge in [-0.3, -0.25) is 0 Å². The number of ether oxygens (including phenoxy) is 1. The van der Waals surface area contributed by atoms with Gasteiger partial charge >= 0.3 is 170 Å². The Morgan fingerprint density at radius 1 is 1.22 bits per heavy atom. The first-order valence-electron chi connectivity index (χ1n) is 8.66. The van der Waals surface area contributed by atoms with Crippen molar-refractivity contribution < 1.29 is 36.4 Å². The summed E-state index contributed by atoms with van der Waals surface area (Å²) in [4.78, 5) is 4.53. The number of phenolic OH excluding ortho intramolecular Hbond substituents is 2. The van der Waals surface area contributed by atoms with Crippen LogP contribution in [0.1, 0.15) is 30.9 Å². The van der Waals surface area contributed by atoms with Gasteiger partial charge in [-0.1, -0.05) is 0 Å². The molecule has 0 aromatic heterocycles. The van der Waals surface area contributed by atoms with Crippen LogP contribution in [-0.4, -0.2) is 33.8 Å². The van der Waals surface area contributed by atoms with Crippen molar-refractivity contribution in [1.29, 1.82) is 0 Å². The van der Waals surface area contributed by atoms with Crippen LogP contribution in [0.25, 0.3) is 0 Å². The molecule has 0 spiro atoms. The Morgan fingerprint density at radius 3 is 2.56 bits per heavy atom. The molecule has 1 heterocycles. The van der Waals surface area contributed by atoms with Gasteiger partial charge in [-0.25, -0.2) is 0 Å². The molecule has 0 bridgehead atoms. The van der Waals surface area contributed by atoms with Gasteiger partial charge in [0.05, 0.1) is 0 Å². The summed E-state index contributed by atoms with van der Waals surface area (Å²) in [5, 5.41) is 20.3. The number of nitrogens with one attached hydrogen (secondary N) is 1. The van der Waals surface area contributed by atoms with Crippen LogP contribution in [0.5, 0.6) is 11.5 Å². The molecule has 1 aliphatic rings. The molecule has 3 rings (SSSR count). The second-order valence-electron chi connectivity index (χ2n) is 6.43. The number of benzene rings is 2. The van der Waals surface area contributed by atoms with Crippen LogP contribution in [0.3, 0.4) is 0 Å². The number of amidine groups is 1. The molecule has 1 fully saturated rings. The Morgan fingerprint density at radius 2 is 1.96 bits per heavy atom. The molecule has 2 aromatic carbocycles. The van der Waals surface area contributed by atoms with E-state index in [1.165, 1.54) is 11.8 Å². The quantitative estimate of drug-likeness (QED) is 0.0895. The molecular weight excluding hydrogens is 459 g/mol. The normalized spacial score (nSPS) is 15.6. The van der Waals surface area contributed by atoms with E-state index in [1.807, 2.05) is 38.1 Å². The molecule has 0 aliphatic carbocycles. The molecule has 27 heavy (non-hydrogen) atoms. The SMILES string of the molecule is CC(C)c1cc(C(=Nc2ccc(N3CCOC[I-]3)cc2)NN)c(O)cc1O. The minimum absolute atomic E-state index is 0.0563. The van der Waals surface area contributed by atoms with Gasteiger partial charge in [-0.05, 0) is 0 Å². The number of halogens is 1. The summed E-state index contributed by atoms with van der Waals surface area (Å²) >= 11 is -0.129. The molecule has 1 saturated heterocycles. The molecule has 146 valence electrons. The van der Waals surface area contributed by atoms with Crippen molar-refractivity contribution in [3.8, 4) is 11.5 Å². The number of hydrogen-bond donors (Lipinski definition) is 4. The van der Waals surface area contributed by atoms with Gasteiger partial charge in [-0.2, -0.15) is 0 Å². The second-order valence-corrected chi connectivity index (χ2v) is 8.90. The fourth-order valence-corrected chi connectivity index (χ4v) is 4.88. The van der Waals surface area contributed by atoms with Crippen LogP contribution >= 0.6 is 0 Å². The molecule has 7 nitrogen and oxygen atoms in total. The number of rotatable bonds is 4. The Balaban J connectivity index is 1.89. The number of hydrazine groups is 1. The van der Waals surface area contributed by atoms with Gasteiger partial charge in [0.1, 0.15) is 0 Å². The predicted octanol–water partition coefficient (Wildman–Crippen LogP) is -0.439. The molecule has 0 saturated carbocycles. The van der Waals surface area contributed by atoms with Crippen LogP contribution < -0.4 is 35.9 Å². The zero-order chi connectivity index (χ0) is 19.4. The van der Waals surface area contributed by atoms with E-state index in [2.05, 4.69) is 13.5 Å². The molecule has 0 unspecified atom stereocenters.